The van der Waals surface area contributed by atoms with Crippen LogP contribution in [0.3, 0.4) is 0 Å². The molecule has 0 saturated heterocycles. The molecule has 2 N–H and O–H groups in total. The van der Waals surface area contributed by atoms with Gasteiger partial charge in [0.1, 0.15) is 5.75 Å². The maximum atomic E-state index is 12.4. The van der Waals surface area contributed by atoms with Crippen molar-refractivity contribution < 1.29 is 9.53 Å². The molecule has 1 aliphatic heterocycles. The van der Waals surface area contributed by atoms with E-state index in [1.54, 1.807) is 6.92 Å². The van der Waals surface area contributed by atoms with Gasteiger partial charge in [0.2, 0.25) is 5.91 Å². The predicted molar refractivity (Wildman–Crippen MR) is 82.1 cm³/mol. The molecule has 0 unspecified atom stereocenters. The van der Waals surface area contributed by atoms with E-state index in [1.807, 2.05) is 11.0 Å². The summed E-state index contributed by atoms with van der Waals surface area (Å²) in [7, 11) is 0. The lowest BCUT2D eigenvalue weighted by Crippen LogP contribution is -2.46. The summed E-state index contributed by atoms with van der Waals surface area (Å²) in [6.07, 6.45) is 5.60. The minimum absolute atomic E-state index is 0.0682. The van der Waals surface area contributed by atoms with E-state index in [9.17, 15) is 4.79 Å². The Balaban J connectivity index is 1.78. The summed E-state index contributed by atoms with van der Waals surface area (Å²) < 4.78 is 5.54. The Morgan fingerprint density at radius 1 is 1.43 bits per heavy atom. The molecule has 1 aromatic carbocycles. The summed E-state index contributed by atoms with van der Waals surface area (Å²) in [5.74, 6) is 1.06. The number of hydrogen-bond acceptors (Lipinski definition) is 3. The number of carbonyl (C=O) groups is 1. The highest BCUT2D eigenvalue weighted by molar-refractivity contribution is 5.81. The van der Waals surface area contributed by atoms with Crippen LogP contribution >= 0.6 is 0 Å². The summed E-state index contributed by atoms with van der Waals surface area (Å²) >= 11 is 0. The summed E-state index contributed by atoms with van der Waals surface area (Å²) in [6, 6.07) is 6.21. The van der Waals surface area contributed by atoms with Crippen LogP contribution in [-0.2, 0) is 17.8 Å². The van der Waals surface area contributed by atoms with Gasteiger partial charge in [0.15, 0.2) is 0 Å². The van der Waals surface area contributed by atoms with E-state index in [0.29, 0.717) is 12.6 Å². The quantitative estimate of drug-likeness (QED) is 0.924. The molecule has 2 aliphatic rings. The summed E-state index contributed by atoms with van der Waals surface area (Å²) in [5, 5.41) is 0. The Morgan fingerprint density at radius 3 is 2.90 bits per heavy atom. The van der Waals surface area contributed by atoms with Crippen molar-refractivity contribution in [3.8, 4) is 5.75 Å². The molecule has 1 saturated carbocycles. The number of rotatable bonds is 4. The standard InChI is InChI=1S/C17H24N2O2/c1-12(18)17(20)19(15-4-2-3-5-15)11-13-6-7-16-14(10-13)8-9-21-16/h6-7,10,12,15H,2-5,8-9,11,18H2,1H3/t12-/m0/s1. The number of amides is 1. The Bertz CT molecular complexity index is 522. The van der Waals surface area contributed by atoms with Crippen molar-refractivity contribution in [2.75, 3.05) is 6.61 Å². The minimum Gasteiger partial charge on any atom is -0.493 e. The third-order valence-corrected chi connectivity index (χ3v) is 4.54. The minimum atomic E-state index is -0.427. The fraction of sp³-hybridized carbons (Fsp3) is 0.588. The van der Waals surface area contributed by atoms with E-state index in [2.05, 4.69) is 12.1 Å². The number of ether oxygens (including phenoxy) is 1. The van der Waals surface area contributed by atoms with Crippen LogP contribution in [0, 0.1) is 0 Å². The zero-order valence-corrected chi connectivity index (χ0v) is 12.7. The van der Waals surface area contributed by atoms with Crippen molar-refractivity contribution in [3.05, 3.63) is 29.3 Å². The molecule has 21 heavy (non-hydrogen) atoms. The van der Waals surface area contributed by atoms with Gasteiger partial charge in [0.05, 0.1) is 12.6 Å². The van der Waals surface area contributed by atoms with Crippen LogP contribution in [0.25, 0.3) is 0 Å². The van der Waals surface area contributed by atoms with Crippen LogP contribution in [0.4, 0.5) is 0 Å². The van der Waals surface area contributed by atoms with Crippen molar-refractivity contribution in [3.63, 3.8) is 0 Å². The SMILES string of the molecule is C[C@H](N)C(=O)N(Cc1ccc2c(c1)CCO2)C1CCCC1. The zero-order chi connectivity index (χ0) is 14.8. The first-order chi connectivity index (χ1) is 10.1. The highest BCUT2D eigenvalue weighted by atomic mass is 16.5. The Kier molecular flexibility index (Phi) is 4.15. The van der Waals surface area contributed by atoms with Gasteiger partial charge >= 0.3 is 0 Å². The molecule has 114 valence electrons. The van der Waals surface area contributed by atoms with Gasteiger partial charge in [-0.15, -0.1) is 0 Å². The lowest BCUT2D eigenvalue weighted by atomic mass is 10.1. The van der Waals surface area contributed by atoms with Crippen LogP contribution in [0.15, 0.2) is 18.2 Å². The van der Waals surface area contributed by atoms with Crippen molar-refractivity contribution in [2.24, 2.45) is 5.73 Å². The van der Waals surface area contributed by atoms with Crippen molar-refractivity contribution >= 4 is 5.91 Å². The van der Waals surface area contributed by atoms with Gasteiger partial charge in [-0.1, -0.05) is 25.0 Å². The molecule has 4 nitrogen and oxygen atoms in total. The third-order valence-electron chi connectivity index (χ3n) is 4.54. The molecule has 0 radical (unpaired) electrons. The fourth-order valence-electron chi connectivity index (χ4n) is 3.40. The lowest BCUT2D eigenvalue weighted by molar-refractivity contribution is -0.135. The summed E-state index contributed by atoms with van der Waals surface area (Å²) in [4.78, 5) is 14.4. The molecular formula is C17H24N2O2. The molecule has 4 heteroatoms. The monoisotopic (exact) mass is 288 g/mol. The molecule has 1 amide bonds. The van der Waals surface area contributed by atoms with Gasteiger partial charge in [-0.3, -0.25) is 4.79 Å². The molecule has 0 spiro atoms. The van der Waals surface area contributed by atoms with Gasteiger partial charge in [-0.05, 0) is 37.0 Å². The maximum Gasteiger partial charge on any atom is 0.239 e. The van der Waals surface area contributed by atoms with Crippen molar-refractivity contribution in [1.29, 1.82) is 0 Å². The number of fused-ring (bicyclic) bond motifs is 1. The Hall–Kier alpha value is -1.55. The average Bonchev–Trinajstić information content (AvgIpc) is 3.14. The predicted octanol–water partition coefficient (Wildman–Crippen LogP) is 2.24. The normalized spacial score (nSPS) is 19.1. The summed E-state index contributed by atoms with van der Waals surface area (Å²) in [6.45, 7) is 3.21. The van der Waals surface area contributed by atoms with Crippen molar-refractivity contribution in [1.82, 2.24) is 4.90 Å². The molecule has 0 aromatic heterocycles. The van der Waals surface area contributed by atoms with Crippen LogP contribution in [0.1, 0.15) is 43.7 Å². The molecule has 1 aromatic rings. The van der Waals surface area contributed by atoms with Gasteiger partial charge in [0.25, 0.3) is 0 Å². The first-order valence-corrected chi connectivity index (χ1v) is 7.96. The van der Waals surface area contributed by atoms with E-state index in [0.717, 1.165) is 31.6 Å². The van der Waals surface area contributed by atoms with E-state index >= 15 is 0 Å². The molecule has 1 aliphatic carbocycles. The Morgan fingerprint density at radius 2 is 2.19 bits per heavy atom. The molecule has 0 bridgehead atoms. The summed E-state index contributed by atoms with van der Waals surface area (Å²) in [5.41, 5.74) is 8.27. The highest BCUT2D eigenvalue weighted by Crippen LogP contribution is 2.29. The van der Waals surface area contributed by atoms with Crippen LogP contribution in [-0.4, -0.2) is 29.5 Å². The molecular weight excluding hydrogens is 264 g/mol. The second-order valence-electron chi connectivity index (χ2n) is 6.23. The zero-order valence-electron chi connectivity index (χ0n) is 12.7. The fourth-order valence-corrected chi connectivity index (χ4v) is 3.40. The molecule has 3 rings (SSSR count). The number of benzene rings is 1. The second-order valence-corrected chi connectivity index (χ2v) is 6.23. The third kappa shape index (κ3) is 3.05. The van der Waals surface area contributed by atoms with E-state index in [-0.39, 0.29) is 5.91 Å². The number of hydrogen-bond donors (Lipinski definition) is 1. The topological polar surface area (TPSA) is 55.6 Å². The molecule has 1 fully saturated rings. The first-order valence-electron chi connectivity index (χ1n) is 7.96. The smallest absolute Gasteiger partial charge is 0.239 e. The van der Waals surface area contributed by atoms with E-state index < -0.39 is 6.04 Å². The van der Waals surface area contributed by atoms with Gasteiger partial charge in [-0.2, -0.15) is 0 Å². The molecule has 1 heterocycles. The second kappa shape index (κ2) is 6.06. The number of nitrogens with zero attached hydrogens (tertiary/aromatic N) is 1. The highest BCUT2D eigenvalue weighted by Gasteiger charge is 2.28. The maximum absolute atomic E-state index is 12.4. The van der Waals surface area contributed by atoms with Crippen LogP contribution < -0.4 is 10.5 Å². The van der Waals surface area contributed by atoms with Gasteiger partial charge in [-0.25, -0.2) is 0 Å². The Labute approximate surface area is 126 Å². The average molecular weight is 288 g/mol. The van der Waals surface area contributed by atoms with Gasteiger partial charge < -0.3 is 15.4 Å². The van der Waals surface area contributed by atoms with Crippen molar-refractivity contribution in [2.45, 2.75) is 57.7 Å². The molecule has 1 atom stereocenters. The van der Waals surface area contributed by atoms with Gasteiger partial charge in [0, 0.05) is 19.0 Å². The van der Waals surface area contributed by atoms with E-state index in [1.165, 1.54) is 24.0 Å². The van der Waals surface area contributed by atoms with Crippen LogP contribution in [0.2, 0.25) is 0 Å². The van der Waals surface area contributed by atoms with Crippen LogP contribution in [0.5, 0.6) is 5.75 Å². The number of nitrogens with two attached hydrogens (primary N) is 1. The lowest BCUT2D eigenvalue weighted by Gasteiger charge is -2.30. The van der Waals surface area contributed by atoms with E-state index in [4.69, 9.17) is 10.5 Å². The number of carbonyl (C=O) groups excluding carboxylic acids is 1. The first kappa shape index (κ1) is 14.4. The largest absolute Gasteiger partial charge is 0.493 e.